The summed E-state index contributed by atoms with van der Waals surface area (Å²) in [7, 11) is 0. The second kappa shape index (κ2) is 6.10. The van der Waals surface area contributed by atoms with Crippen molar-refractivity contribution in [1.82, 2.24) is 4.98 Å². The Labute approximate surface area is 103 Å². The van der Waals surface area contributed by atoms with Crippen LogP contribution in [0.1, 0.15) is 25.5 Å². The van der Waals surface area contributed by atoms with E-state index in [2.05, 4.69) is 10.3 Å². The van der Waals surface area contributed by atoms with Crippen molar-refractivity contribution in [2.75, 3.05) is 11.9 Å². The van der Waals surface area contributed by atoms with E-state index in [4.69, 9.17) is 11.6 Å². The number of nitrogens with one attached hydrogen (secondary N) is 1. The zero-order valence-electron chi connectivity index (χ0n) is 9.39. The summed E-state index contributed by atoms with van der Waals surface area (Å²) in [6.07, 6.45) is -2.79. The van der Waals surface area contributed by atoms with E-state index >= 15 is 0 Å². The highest BCUT2D eigenvalue weighted by Crippen LogP contribution is 2.28. The van der Waals surface area contributed by atoms with E-state index in [1.165, 1.54) is 12.1 Å². The van der Waals surface area contributed by atoms with Crippen LogP contribution in [0.3, 0.4) is 0 Å². The maximum atomic E-state index is 12.4. The van der Waals surface area contributed by atoms with Gasteiger partial charge in [-0.2, -0.15) is 13.2 Å². The van der Waals surface area contributed by atoms with Gasteiger partial charge in [-0.1, -0.05) is 6.07 Å². The first-order valence-electron chi connectivity index (χ1n) is 5.32. The first kappa shape index (κ1) is 14.1. The monoisotopic (exact) mass is 266 g/mol. The largest absolute Gasteiger partial charge is 0.433 e. The minimum absolute atomic E-state index is 0.0752. The molecule has 1 unspecified atom stereocenters. The summed E-state index contributed by atoms with van der Waals surface area (Å²) < 4.78 is 37.1. The van der Waals surface area contributed by atoms with Gasteiger partial charge in [0.1, 0.15) is 11.5 Å². The number of anilines is 1. The number of alkyl halides is 4. The van der Waals surface area contributed by atoms with Gasteiger partial charge in [-0.15, -0.1) is 11.6 Å². The van der Waals surface area contributed by atoms with Crippen molar-refractivity contribution in [3.05, 3.63) is 23.9 Å². The van der Waals surface area contributed by atoms with Crippen LogP contribution in [0.15, 0.2) is 18.2 Å². The Morgan fingerprint density at radius 3 is 2.71 bits per heavy atom. The van der Waals surface area contributed by atoms with E-state index in [9.17, 15) is 13.2 Å². The molecule has 0 saturated heterocycles. The Morgan fingerprint density at radius 1 is 1.41 bits per heavy atom. The highest BCUT2D eigenvalue weighted by molar-refractivity contribution is 6.20. The van der Waals surface area contributed by atoms with Gasteiger partial charge in [-0.3, -0.25) is 0 Å². The van der Waals surface area contributed by atoms with Gasteiger partial charge in [0.05, 0.1) is 0 Å². The molecule has 1 rings (SSSR count). The lowest BCUT2D eigenvalue weighted by molar-refractivity contribution is -0.141. The molecular weight excluding hydrogens is 253 g/mol. The molecule has 1 heterocycles. The third-order valence-corrected chi connectivity index (χ3v) is 2.34. The molecule has 0 radical (unpaired) electrons. The first-order chi connectivity index (χ1) is 7.89. The number of pyridine rings is 1. The van der Waals surface area contributed by atoms with Crippen molar-refractivity contribution < 1.29 is 13.2 Å². The predicted molar refractivity (Wildman–Crippen MR) is 62.3 cm³/mol. The summed E-state index contributed by atoms with van der Waals surface area (Å²) in [6, 6.07) is 3.80. The number of nitrogens with zero attached hydrogens (tertiary/aromatic N) is 1. The summed E-state index contributed by atoms with van der Waals surface area (Å²) in [5, 5.41) is 2.92. The van der Waals surface area contributed by atoms with E-state index in [0.29, 0.717) is 6.54 Å². The fraction of sp³-hybridized carbons (Fsp3) is 0.545. The lowest BCUT2D eigenvalue weighted by Crippen LogP contribution is -2.11. The zero-order valence-corrected chi connectivity index (χ0v) is 10.1. The molecule has 1 atom stereocenters. The van der Waals surface area contributed by atoms with Crippen molar-refractivity contribution >= 4 is 17.4 Å². The quantitative estimate of drug-likeness (QED) is 0.645. The van der Waals surface area contributed by atoms with Crippen molar-refractivity contribution in [3.8, 4) is 0 Å². The van der Waals surface area contributed by atoms with Crippen LogP contribution >= 0.6 is 11.6 Å². The molecule has 1 N–H and O–H groups in total. The first-order valence-corrected chi connectivity index (χ1v) is 5.75. The SMILES string of the molecule is CC(Cl)CCCNc1cccc(C(F)(F)F)n1. The second-order valence-corrected chi connectivity index (χ2v) is 4.50. The molecule has 2 nitrogen and oxygen atoms in total. The zero-order chi connectivity index (χ0) is 12.9. The topological polar surface area (TPSA) is 24.9 Å². The van der Waals surface area contributed by atoms with Crippen LogP contribution in [0.4, 0.5) is 19.0 Å². The highest BCUT2D eigenvalue weighted by Gasteiger charge is 2.32. The molecule has 0 aliphatic heterocycles. The summed E-state index contributed by atoms with van der Waals surface area (Å²) in [5.74, 6) is 0.238. The van der Waals surface area contributed by atoms with Gasteiger partial charge in [0, 0.05) is 11.9 Å². The van der Waals surface area contributed by atoms with E-state index in [-0.39, 0.29) is 11.2 Å². The van der Waals surface area contributed by atoms with Gasteiger partial charge in [-0.05, 0) is 31.9 Å². The van der Waals surface area contributed by atoms with Crippen molar-refractivity contribution in [3.63, 3.8) is 0 Å². The average molecular weight is 267 g/mol. The third kappa shape index (κ3) is 5.26. The van der Waals surface area contributed by atoms with Crippen molar-refractivity contribution in [2.24, 2.45) is 0 Å². The molecular formula is C11H14ClF3N2. The third-order valence-electron chi connectivity index (χ3n) is 2.12. The van der Waals surface area contributed by atoms with Gasteiger partial charge < -0.3 is 5.32 Å². The smallest absolute Gasteiger partial charge is 0.370 e. The molecule has 0 bridgehead atoms. The fourth-order valence-electron chi connectivity index (χ4n) is 1.29. The lowest BCUT2D eigenvalue weighted by Gasteiger charge is -2.09. The van der Waals surface area contributed by atoms with Crippen molar-refractivity contribution in [1.29, 1.82) is 0 Å². The maximum Gasteiger partial charge on any atom is 0.433 e. The van der Waals surface area contributed by atoms with Crippen LogP contribution in [-0.2, 0) is 6.18 Å². The minimum Gasteiger partial charge on any atom is -0.370 e. The minimum atomic E-state index is -4.40. The van der Waals surface area contributed by atoms with Crippen LogP contribution in [-0.4, -0.2) is 16.9 Å². The molecule has 17 heavy (non-hydrogen) atoms. The Kier molecular flexibility index (Phi) is 5.05. The van der Waals surface area contributed by atoms with Crippen LogP contribution in [0.25, 0.3) is 0 Å². The number of hydrogen-bond acceptors (Lipinski definition) is 2. The van der Waals surface area contributed by atoms with E-state index in [0.717, 1.165) is 18.9 Å². The molecule has 0 saturated carbocycles. The van der Waals surface area contributed by atoms with Gasteiger partial charge in [0.15, 0.2) is 0 Å². The van der Waals surface area contributed by atoms with Crippen LogP contribution in [0.2, 0.25) is 0 Å². The molecule has 1 aromatic heterocycles. The Bertz CT molecular complexity index is 353. The molecule has 0 fully saturated rings. The Balaban J connectivity index is 2.49. The van der Waals surface area contributed by atoms with Crippen LogP contribution < -0.4 is 5.32 Å². The van der Waals surface area contributed by atoms with Gasteiger partial charge >= 0.3 is 6.18 Å². The number of halogens is 4. The van der Waals surface area contributed by atoms with E-state index < -0.39 is 11.9 Å². The van der Waals surface area contributed by atoms with Gasteiger partial charge in [0.2, 0.25) is 0 Å². The average Bonchev–Trinajstić information content (AvgIpc) is 2.23. The number of aromatic nitrogens is 1. The normalized spacial score (nSPS) is 13.5. The summed E-state index contributed by atoms with van der Waals surface area (Å²) in [5.41, 5.74) is -0.881. The molecule has 0 amide bonds. The fourth-order valence-corrected chi connectivity index (χ4v) is 1.45. The summed E-state index contributed by atoms with van der Waals surface area (Å²) in [6.45, 7) is 2.44. The van der Waals surface area contributed by atoms with Gasteiger partial charge in [0.25, 0.3) is 0 Å². The van der Waals surface area contributed by atoms with E-state index in [1.807, 2.05) is 6.92 Å². The summed E-state index contributed by atoms with van der Waals surface area (Å²) >= 11 is 5.75. The maximum absolute atomic E-state index is 12.4. The Morgan fingerprint density at radius 2 is 2.12 bits per heavy atom. The van der Waals surface area contributed by atoms with Gasteiger partial charge in [-0.25, -0.2) is 4.98 Å². The molecule has 1 aromatic rings. The number of hydrogen-bond donors (Lipinski definition) is 1. The molecule has 0 aromatic carbocycles. The lowest BCUT2D eigenvalue weighted by atomic mass is 10.2. The predicted octanol–water partition coefficient (Wildman–Crippen LogP) is 3.92. The summed E-state index contributed by atoms with van der Waals surface area (Å²) in [4.78, 5) is 3.49. The standard InChI is InChI=1S/C11H14ClF3N2/c1-8(12)4-3-7-16-10-6-2-5-9(17-10)11(13,14)15/h2,5-6,8H,3-4,7H2,1H3,(H,16,17). The van der Waals surface area contributed by atoms with E-state index in [1.54, 1.807) is 0 Å². The highest BCUT2D eigenvalue weighted by atomic mass is 35.5. The molecule has 0 aliphatic carbocycles. The van der Waals surface area contributed by atoms with Crippen LogP contribution in [0, 0.1) is 0 Å². The molecule has 96 valence electrons. The second-order valence-electron chi connectivity index (χ2n) is 3.76. The van der Waals surface area contributed by atoms with Crippen LogP contribution in [0.5, 0.6) is 0 Å². The molecule has 0 aliphatic rings. The number of rotatable bonds is 5. The van der Waals surface area contributed by atoms with Crippen molar-refractivity contribution in [2.45, 2.75) is 31.3 Å². The molecule has 0 spiro atoms. The Hall–Kier alpha value is -0.970. The molecule has 6 heteroatoms.